The molecular formula is C76H72N8O6. The molecule has 0 amide bonds. The number of nitriles is 8. The van der Waals surface area contributed by atoms with E-state index in [1.165, 1.54) is 0 Å². The Morgan fingerprint density at radius 2 is 0.556 bits per heavy atom. The van der Waals surface area contributed by atoms with Crippen LogP contribution < -0.4 is 9.47 Å². The Morgan fingerprint density at radius 1 is 0.356 bits per heavy atom. The van der Waals surface area contributed by atoms with Gasteiger partial charge in [0.05, 0.1) is 136 Å². The predicted octanol–water partition coefficient (Wildman–Crippen LogP) is 13.8. The third-order valence-electron chi connectivity index (χ3n) is 20.4. The summed E-state index contributed by atoms with van der Waals surface area (Å²) in [5, 5.41) is 96.1. The van der Waals surface area contributed by atoms with Gasteiger partial charge in [-0.25, -0.2) is 0 Å². The number of nitrogens with zero attached hydrogens (tertiary/aromatic N) is 8. The van der Waals surface area contributed by atoms with E-state index in [-0.39, 0.29) is 52.9 Å². The maximum atomic E-state index is 12.0. The molecule has 13 rings (SSSR count). The van der Waals surface area contributed by atoms with Crippen LogP contribution in [0.25, 0.3) is 0 Å². The minimum Gasteiger partial charge on any atom is -0.493 e. The molecule has 0 aromatic heterocycles. The first-order chi connectivity index (χ1) is 43.3. The molecule has 90 heavy (non-hydrogen) atoms. The topological polar surface area (TPSA) is 246 Å². The van der Waals surface area contributed by atoms with Gasteiger partial charge in [0.15, 0.2) is 21.7 Å². The number of hydrogen-bond donors (Lipinski definition) is 0. The summed E-state index contributed by atoms with van der Waals surface area (Å²) in [4.78, 5) is 0. The number of ether oxygens (including phenoxy) is 6. The summed E-state index contributed by atoms with van der Waals surface area (Å²) in [6, 6.07) is 56.7. The van der Waals surface area contributed by atoms with Crippen molar-refractivity contribution >= 4 is 0 Å². The Hall–Kier alpha value is -9.32. The first-order valence-electron chi connectivity index (χ1n) is 30.9. The zero-order chi connectivity index (χ0) is 64.2. The molecule has 14 heteroatoms. The van der Waals surface area contributed by atoms with Crippen LogP contribution >= 0.6 is 0 Å². The molecule has 6 aromatic carbocycles. The van der Waals surface area contributed by atoms with Gasteiger partial charge in [0, 0.05) is 22.3 Å². The van der Waals surface area contributed by atoms with Gasteiger partial charge in [-0.2, -0.15) is 42.1 Å². The van der Waals surface area contributed by atoms with Gasteiger partial charge in [0.1, 0.15) is 11.5 Å². The van der Waals surface area contributed by atoms with Gasteiger partial charge in [-0.05, 0) is 104 Å². The predicted molar refractivity (Wildman–Crippen MR) is 333 cm³/mol. The molecule has 14 nitrogen and oxygen atoms in total. The normalized spacial score (nSPS) is 23.7. The summed E-state index contributed by atoms with van der Waals surface area (Å²) in [7, 11) is 0. The summed E-state index contributed by atoms with van der Waals surface area (Å²) < 4.78 is 42.0. The standard InChI is InChI=1S/C76H72N8O6/c1-9-11-29-89-65-51-31-55(67(3,4)5)32-52(65)36-86-48-74-59-23-15-19-27-63(59)76(64-28-20-16-24-60(64)74,72(45-83,46-84)70(74,41-79)42-80)50-88-38-54-34-56(68(6,7)8)33-53(66(54)90-30-12-10-2)37-87-49-75-61-25-17-13-21-57(61)73(47-85-35-51,58-22-14-18-26-62(58)75)69(39-77,40-78)71(75,43-81)44-82/h13-28,31-34H,9-12,29-30,35-38,47-50H2,1-8H3. The van der Waals surface area contributed by atoms with Crippen LogP contribution in [0.15, 0.2) is 121 Å². The lowest BCUT2D eigenvalue weighted by Crippen LogP contribution is -2.73. The van der Waals surface area contributed by atoms with Crippen molar-refractivity contribution in [1.29, 1.82) is 42.1 Å². The van der Waals surface area contributed by atoms with Gasteiger partial charge in [-0.1, -0.05) is 165 Å². The molecule has 1 heterocycles. The molecule has 8 bridgehead atoms. The summed E-state index contributed by atoms with van der Waals surface area (Å²) in [5.41, 5.74) is -8.90. The van der Waals surface area contributed by atoms with E-state index >= 15 is 0 Å². The highest BCUT2D eigenvalue weighted by Gasteiger charge is 2.84. The van der Waals surface area contributed by atoms with Gasteiger partial charge in [0.2, 0.25) is 0 Å². The van der Waals surface area contributed by atoms with Crippen LogP contribution in [-0.2, 0) is 77.9 Å². The van der Waals surface area contributed by atoms with Crippen LogP contribution in [0, 0.1) is 112 Å². The van der Waals surface area contributed by atoms with Crippen molar-refractivity contribution < 1.29 is 28.4 Å². The van der Waals surface area contributed by atoms with Crippen molar-refractivity contribution in [3.05, 3.63) is 199 Å². The second-order valence-corrected chi connectivity index (χ2v) is 26.8. The van der Waals surface area contributed by atoms with E-state index in [1.807, 2.05) is 121 Å². The second-order valence-electron chi connectivity index (χ2n) is 26.8. The minimum atomic E-state index is -2.41. The summed E-state index contributed by atoms with van der Waals surface area (Å²) >= 11 is 0. The first kappa shape index (κ1) is 62.3. The fraction of sp³-hybridized carbons (Fsp3) is 0.421. The molecule has 7 aliphatic rings. The average molecular weight is 1190 g/mol. The Morgan fingerprint density at radius 3 is 0.722 bits per heavy atom. The Labute approximate surface area is 528 Å². The van der Waals surface area contributed by atoms with E-state index < -0.39 is 54.1 Å². The van der Waals surface area contributed by atoms with E-state index in [1.54, 1.807) is 0 Å². The summed E-state index contributed by atoms with van der Waals surface area (Å²) in [6.45, 7) is 15.3. The van der Waals surface area contributed by atoms with Crippen molar-refractivity contribution in [2.45, 2.75) is 140 Å². The van der Waals surface area contributed by atoms with Crippen LogP contribution in [0.3, 0.4) is 0 Å². The van der Waals surface area contributed by atoms with Crippen LogP contribution in [0.2, 0.25) is 0 Å². The molecule has 6 aromatic rings. The van der Waals surface area contributed by atoms with Crippen molar-refractivity contribution in [2.75, 3.05) is 39.6 Å². The lowest BCUT2D eigenvalue weighted by molar-refractivity contribution is -0.0427. The second kappa shape index (κ2) is 22.9. The molecule has 0 unspecified atom stereocenters. The maximum Gasteiger partial charge on any atom is 0.192 e. The number of rotatable bonds is 8. The first-order valence-corrected chi connectivity index (χ1v) is 30.9. The van der Waals surface area contributed by atoms with Gasteiger partial charge in [-0.3, -0.25) is 0 Å². The molecule has 6 aliphatic carbocycles. The molecule has 0 N–H and O–H groups in total. The number of benzene rings is 6. The van der Waals surface area contributed by atoms with Crippen LogP contribution in [0.4, 0.5) is 0 Å². The monoisotopic (exact) mass is 1190 g/mol. The van der Waals surface area contributed by atoms with Crippen molar-refractivity contribution in [1.82, 2.24) is 0 Å². The fourth-order valence-electron chi connectivity index (χ4n) is 16.0. The lowest BCUT2D eigenvalue weighted by Gasteiger charge is -2.65. The number of hydrogen-bond acceptors (Lipinski definition) is 14. The Kier molecular flexibility index (Phi) is 15.9. The molecule has 0 saturated carbocycles. The smallest absolute Gasteiger partial charge is 0.192 e. The van der Waals surface area contributed by atoms with Gasteiger partial charge < -0.3 is 28.4 Å². The minimum absolute atomic E-state index is 0.135. The maximum absolute atomic E-state index is 12.0. The Bertz CT molecular complexity index is 3570. The molecule has 0 spiro atoms. The third kappa shape index (κ3) is 8.06. The van der Waals surface area contributed by atoms with Crippen molar-refractivity contribution in [3.63, 3.8) is 0 Å². The molecule has 1 aliphatic heterocycles. The average Bonchev–Trinajstić information content (AvgIpc) is 0.643. The van der Waals surface area contributed by atoms with Gasteiger partial charge in [-0.15, -0.1) is 0 Å². The molecule has 0 saturated heterocycles. The molecular weight excluding hydrogens is 1120 g/mol. The van der Waals surface area contributed by atoms with Crippen LogP contribution in [-0.4, -0.2) is 39.6 Å². The Balaban J connectivity index is 1.19. The molecule has 0 fully saturated rings. The summed E-state index contributed by atoms with van der Waals surface area (Å²) in [5.74, 6) is 0.899. The van der Waals surface area contributed by atoms with E-state index in [0.29, 0.717) is 104 Å². The highest BCUT2D eigenvalue weighted by molar-refractivity contribution is 5.76. The van der Waals surface area contributed by atoms with Crippen LogP contribution in [0.1, 0.15) is 159 Å². The molecule has 0 atom stereocenters. The highest BCUT2D eigenvalue weighted by atomic mass is 16.5. The third-order valence-corrected chi connectivity index (χ3v) is 20.4. The SMILES string of the molecule is CCCCOc1c2cc(C(C)(C)C)cc1COCC13c4ccccc4C(COCc4cc(C(C)(C)C)cc(c4OCCCC)COCC45c6ccccc6C(COC2)(c2ccccc24)C(C#N)(C#N)C5(C#N)C#N)(c2ccccc21)C(C#N)(C#N)C3(C#N)C#N. The number of fused-ring (bicyclic) bond motifs is 6. The van der Waals surface area contributed by atoms with Crippen molar-refractivity contribution in [2.24, 2.45) is 21.7 Å². The fourth-order valence-corrected chi connectivity index (χ4v) is 16.0. The van der Waals surface area contributed by atoms with E-state index in [4.69, 9.17) is 28.4 Å². The van der Waals surface area contributed by atoms with Crippen LogP contribution in [0.5, 0.6) is 11.5 Å². The van der Waals surface area contributed by atoms with E-state index in [0.717, 1.165) is 24.0 Å². The number of unbranched alkanes of at least 4 members (excludes halogenated alkanes) is 2. The van der Waals surface area contributed by atoms with E-state index in [2.05, 4.69) is 104 Å². The van der Waals surface area contributed by atoms with Gasteiger partial charge in [0.25, 0.3) is 0 Å². The zero-order valence-corrected chi connectivity index (χ0v) is 52.5. The molecule has 0 radical (unpaired) electrons. The van der Waals surface area contributed by atoms with E-state index in [9.17, 15) is 42.1 Å². The molecule has 452 valence electrons. The highest BCUT2D eigenvalue weighted by Crippen LogP contribution is 2.76. The zero-order valence-electron chi connectivity index (χ0n) is 52.5. The van der Waals surface area contributed by atoms with Gasteiger partial charge >= 0.3 is 0 Å². The largest absolute Gasteiger partial charge is 0.493 e. The summed E-state index contributed by atoms with van der Waals surface area (Å²) in [6.07, 6.45) is 3.01. The quantitative estimate of drug-likeness (QED) is 0.129. The van der Waals surface area contributed by atoms with Crippen molar-refractivity contribution in [3.8, 4) is 60.1 Å². The lowest BCUT2D eigenvalue weighted by atomic mass is 9.31.